The van der Waals surface area contributed by atoms with E-state index in [-0.39, 0.29) is 0 Å². The van der Waals surface area contributed by atoms with Crippen molar-refractivity contribution < 1.29 is 5.11 Å². The topological polar surface area (TPSA) is 20.2 Å². The summed E-state index contributed by atoms with van der Waals surface area (Å²) in [6, 6.07) is 0. The van der Waals surface area contributed by atoms with Crippen LogP contribution in [0.25, 0.3) is 0 Å². The van der Waals surface area contributed by atoms with Crippen LogP contribution in [0.1, 0.15) is 0 Å². The molecule has 2 heteroatoms. The molecule has 4 heavy (non-hydrogen) atoms. The van der Waals surface area contributed by atoms with Crippen molar-refractivity contribution in [2.75, 3.05) is 12.8 Å². The summed E-state index contributed by atoms with van der Waals surface area (Å²) in [6.45, 7) is 0.332. The third kappa shape index (κ3) is 2.39. The molecule has 1 atom stereocenters. The van der Waals surface area contributed by atoms with E-state index in [4.69, 9.17) is 5.11 Å². The van der Waals surface area contributed by atoms with Gasteiger partial charge in [0.15, 0.2) is 0 Å². The minimum Gasteiger partial charge on any atom is -0.393 e. The number of rotatable bonds is 1. The molecular weight excluding hydrogens is 71.0 g/mol. The highest BCUT2D eigenvalue weighted by Crippen LogP contribution is 1.70. The van der Waals surface area contributed by atoms with Gasteiger partial charge in [-0.2, -0.15) is 0 Å². The molecule has 0 radical (unpaired) electrons. The van der Waals surface area contributed by atoms with Gasteiger partial charge in [0, 0.05) is 0 Å². The molecule has 1 N–H and O–H groups in total. The number of aliphatic hydroxyl groups is 1. The maximum absolute atomic E-state index is 7.88. The van der Waals surface area contributed by atoms with Gasteiger partial charge >= 0.3 is 0 Å². The summed E-state index contributed by atoms with van der Waals surface area (Å²) in [4.78, 5) is 0. The van der Waals surface area contributed by atoms with Crippen molar-refractivity contribution in [3.63, 3.8) is 0 Å². The largest absolute Gasteiger partial charge is 0.393 e. The molecule has 0 aliphatic rings. The average molecular weight is 79.1 g/mol. The molecule has 1 unspecified atom stereocenters. The first-order chi connectivity index (χ1) is 1.91. The van der Waals surface area contributed by atoms with Gasteiger partial charge in [0.1, 0.15) is 0 Å². The second-order valence-electron chi connectivity index (χ2n) is 0.577. The van der Waals surface area contributed by atoms with E-state index in [9.17, 15) is 0 Å². The highest BCUT2D eigenvalue weighted by molar-refractivity contribution is 7.16. The third-order valence-corrected chi connectivity index (χ3v) is 0.474. The van der Waals surface area contributed by atoms with Crippen molar-refractivity contribution in [2.45, 2.75) is 0 Å². The van der Waals surface area contributed by atoms with Gasteiger partial charge in [-0.3, -0.25) is 0 Å². The number of hydrogen-bond donors (Lipinski definition) is 1. The van der Waals surface area contributed by atoms with E-state index >= 15 is 0 Å². The lowest BCUT2D eigenvalue weighted by Gasteiger charge is -1.64. The molecule has 26 valence electrons. The van der Waals surface area contributed by atoms with E-state index in [1.165, 1.54) is 0 Å². The second kappa shape index (κ2) is 3.39. The Labute approximate surface area is 28.2 Å². The van der Waals surface area contributed by atoms with E-state index in [0.29, 0.717) is 6.61 Å². The summed E-state index contributed by atoms with van der Waals surface area (Å²) < 4.78 is 0. The van der Waals surface area contributed by atoms with Gasteiger partial charge in [0.2, 0.25) is 0 Å². The van der Waals surface area contributed by atoms with Crippen LogP contribution in [-0.4, -0.2) is 17.9 Å². The molecule has 0 fully saturated rings. The molecule has 0 aromatic heterocycles. The molecule has 0 spiro atoms. The van der Waals surface area contributed by atoms with Crippen LogP contribution in [0.15, 0.2) is 0 Å². The van der Waals surface area contributed by atoms with Gasteiger partial charge in [0.05, 0.1) is 12.8 Å². The van der Waals surface area contributed by atoms with Crippen molar-refractivity contribution in [1.29, 1.82) is 0 Å². The molecule has 0 heterocycles. The van der Waals surface area contributed by atoms with E-state index in [0.717, 1.165) is 6.16 Å². The maximum atomic E-state index is 7.88. The Morgan fingerprint density at radius 3 is 2.00 bits per heavy atom. The summed E-state index contributed by atoms with van der Waals surface area (Å²) in [5, 5.41) is 7.88. The Kier molecular flexibility index (Phi) is 3.72. The molecule has 0 rings (SSSR count). The third-order valence-electron chi connectivity index (χ3n) is 0.158. The predicted octanol–water partition coefficient (Wildman–Crippen LogP) is -0.414. The van der Waals surface area contributed by atoms with Crippen LogP contribution >= 0.6 is 9.24 Å². The zero-order valence-electron chi connectivity index (χ0n) is 2.57. The molecule has 0 aliphatic heterocycles. The molecule has 0 aromatic carbocycles. The summed E-state index contributed by atoms with van der Waals surface area (Å²) in [7, 11) is 1.77. The lowest BCUT2D eigenvalue weighted by atomic mass is 10.9. The normalized spacial score (nSPS) is 8.25. The Morgan fingerprint density at radius 1 is 1.75 bits per heavy atom. The van der Waals surface area contributed by atoms with E-state index in [1.54, 1.807) is 9.24 Å². The smallest absolute Gasteiger partial charge is 0.0762 e. The van der Waals surface area contributed by atoms with Crippen molar-refractivity contribution in [1.82, 2.24) is 0 Å². The molecule has 0 saturated heterocycles. The molecule has 0 bridgehead atoms. The molecule has 1 nitrogen and oxygen atoms in total. The number of aliphatic hydroxyl groups excluding tert-OH is 1. The Morgan fingerprint density at radius 2 is 2.00 bits per heavy atom. The number of hydrogen-bond acceptors (Lipinski definition) is 1. The molecule has 0 aliphatic carbocycles. The monoisotopic (exact) mass is 79.0 g/mol. The first-order valence-corrected chi connectivity index (χ1v) is 2.32. The van der Waals surface area contributed by atoms with Gasteiger partial charge in [-0.15, -0.1) is 0 Å². The summed E-state index contributed by atoms with van der Waals surface area (Å²) in [5.41, 5.74) is 0. The highest BCUT2D eigenvalue weighted by atomic mass is 31.0. The zero-order chi connectivity index (χ0) is 3.41. The van der Waals surface area contributed by atoms with Gasteiger partial charge in [0.25, 0.3) is 0 Å². The molecular formula is C2H8OP+. The molecule has 0 amide bonds. The molecule has 0 aromatic rings. The lowest BCUT2D eigenvalue weighted by Crippen LogP contribution is -1.75. The SMILES string of the molecule is OCC[PH3+]. The summed E-state index contributed by atoms with van der Waals surface area (Å²) in [5.74, 6) is 0. The van der Waals surface area contributed by atoms with Crippen LogP contribution in [-0.2, 0) is 0 Å². The van der Waals surface area contributed by atoms with Gasteiger partial charge in [-0.25, -0.2) is 0 Å². The lowest BCUT2D eigenvalue weighted by molar-refractivity contribution is 0.322. The van der Waals surface area contributed by atoms with Gasteiger partial charge < -0.3 is 5.11 Å². The van der Waals surface area contributed by atoms with Crippen LogP contribution in [0.3, 0.4) is 0 Å². The van der Waals surface area contributed by atoms with Crippen LogP contribution < -0.4 is 0 Å². The average Bonchev–Trinajstić information content (AvgIpc) is 1.37. The predicted molar refractivity (Wildman–Crippen MR) is 23.1 cm³/mol. The summed E-state index contributed by atoms with van der Waals surface area (Å²) in [6.07, 6.45) is 0.903. The fourth-order valence-corrected chi connectivity index (χ4v) is 0. The summed E-state index contributed by atoms with van der Waals surface area (Å²) >= 11 is 0. The molecule has 0 saturated carbocycles. The van der Waals surface area contributed by atoms with E-state index in [2.05, 4.69) is 0 Å². The van der Waals surface area contributed by atoms with E-state index in [1.807, 2.05) is 0 Å². The standard InChI is InChI=1S/C2H7OP/c3-1-2-4/h3H,1-2,4H2/p+1. The van der Waals surface area contributed by atoms with Gasteiger partial charge in [-0.1, -0.05) is 0 Å². The van der Waals surface area contributed by atoms with Crippen molar-refractivity contribution >= 4 is 9.24 Å². The Balaban J connectivity index is 1.97. The Hall–Kier alpha value is 0.390. The van der Waals surface area contributed by atoms with Crippen molar-refractivity contribution in [2.24, 2.45) is 0 Å². The van der Waals surface area contributed by atoms with Crippen LogP contribution in [0.2, 0.25) is 0 Å². The maximum Gasteiger partial charge on any atom is 0.0762 e. The van der Waals surface area contributed by atoms with Crippen molar-refractivity contribution in [3.05, 3.63) is 0 Å². The van der Waals surface area contributed by atoms with Crippen molar-refractivity contribution in [3.8, 4) is 0 Å². The van der Waals surface area contributed by atoms with Crippen LogP contribution in [0, 0.1) is 0 Å². The fourth-order valence-electron chi connectivity index (χ4n) is 0. The van der Waals surface area contributed by atoms with Crippen LogP contribution in [0.4, 0.5) is 0 Å². The Bertz CT molecular complexity index is 8.00. The first-order valence-electron chi connectivity index (χ1n) is 1.32. The first kappa shape index (κ1) is 4.39. The minimum absolute atomic E-state index is 0.332. The second-order valence-corrected chi connectivity index (χ2v) is 1.28. The van der Waals surface area contributed by atoms with Gasteiger partial charge in [-0.05, 0) is 9.24 Å². The highest BCUT2D eigenvalue weighted by Gasteiger charge is 1.63. The zero-order valence-corrected chi connectivity index (χ0v) is 3.98. The van der Waals surface area contributed by atoms with Crippen LogP contribution in [0.5, 0.6) is 0 Å². The minimum atomic E-state index is 0.332. The quantitative estimate of drug-likeness (QED) is 0.423. The fraction of sp³-hybridized carbons (Fsp3) is 1.00. The van der Waals surface area contributed by atoms with E-state index < -0.39 is 0 Å².